The standard InChI is InChI=1S/C16H27N5/c1-5-6-21-16(7-14(4)19-21)10-17-8-15-9-18-20(12-15)11-13(2)3/h7,9,12-13,17H,5-6,8,10-11H2,1-4H3. The lowest BCUT2D eigenvalue weighted by atomic mass is 10.2. The molecule has 0 fully saturated rings. The van der Waals surface area contributed by atoms with Crippen LogP contribution in [0.3, 0.4) is 0 Å². The van der Waals surface area contributed by atoms with Crippen molar-refractivity contribution in [1.82, 2.24) is 24.9 Å². The molecule has 2 rings (SSSR count). The Morgan fingerprint density at radius 3 is 2.81 bits per heavy atom. The Balaban J connectivity index is 1.85. The van der Waals surface area contributed by atoms with Crippen molar-refractivity contribution in [3.63, 3.8) is 0 Å². The lowest BCUT2D eigenvalue weighted by molar-refractivity contribution is 0.482. The summed E-state index contributed by atoms with van der Waals surface area (Å²) in [7, 11) is 0. The van der Waals surface area contributed by atoms with Crippen molar-refractivity contribution in [2.45, 2.75) is 60.3 Å². The zero-order valence-electron chi connectivity index (χ0n) is 13.6. The fraction of sp³-hybridized carbons (Fsp3) is 0.625. The molecule has 0 saturated carbocycles. The zero-order valence-corrected chi connectivity index (χ0v) is 13.6. The third kappa shape index (κ3) is 4.70. The number of aromatic nitrogens is 4. The molecule has 0 aliphatic rings. The van der Waals surface area contributed by atoms with Gasteiger partial charge in [-0.05, 0) is 25.3 Å². The van der Waals surface area contributed by atoms with Crippen LogP contribution in [-0.2, 0) is 26.2 Å². The highest BCUT2D eigenvalue weighted by molar-refractivity contribution is 5.09. The van der Waals surface area contributed by atoms with E-state index >= 15 is 0 Å². The summed E-state index contributed by atoms with van der Waals surface area (Å²) in [5.74, 6) is 0.622. The fourth-order valence-corrected chi connectivity index (χ4v) is 2.45. The van der Waals surface area contributed by atoms with Crippen molar-refractivity contribution < 1.29 is 0 Å². The van der Waals surface area contributed by atoms with Crippen molar-refractivity contribution >= 4 is 0 Å². The minimum Gasteiger partial charge on any atom is -0.307 e. The van der Waals surface area contributed by atoms with Crippen molar-refractivity contribution in [2.75, 3.05) is 0 Å². The molecule has 0 saturated heterocycles. The maximum absolute atomic E-state index is 4.52. The molecule has 2 aromatic heterocycles. The van der Waals surface area contributed by atoms with Crippen LogP contribution >= 0.6 is 0 Å². The summed E-state index contributed by atoms with van der Waals surface area (Å²) in [5.41, 5.74) is 3.57. The molecule has 2 heterocycles. The maximum Gasteiger partial charge on any atom is 0.0597 e. The van der Waals surface area contributed by atoms with E-state index in [4.69, 9.17) is 0 Å². The van der Waals surface area contributed by atoms with Gasteiger partial charge in [0.1, 0.15) is 0 Å². The van der Waals surface area contributed by atoms with E-state index in [1.54, 1.807) is 0 Å². The predicted molar refractivity (Wildman–Crippen MR) is 84.9 cm³/mol. The van der Waals surface area contributed by atoms with Gasteiger partial charge in [-0.15, -0.1) is 0 Å². The van der Waals surface area contributed by atoms with E-state index in [0.29, 0.717) is 5.92 Å². The third-order valence-electron chi connectivity index (χ3n) is 3.30. The molecule has 1 N–H and O–H groups in total. The molecule has 0 spiro atoms. The Kier molecular flexibility index (Phi) is 5.56. The van der Waals surface area contributed by atoms with E-state index in [2.05, 4.69) is 53.2 Å². The number of hydrogen-bond donors (Lipinski definition) is 1. The van der Waals surface area contributed by atoms with E-state index in [-0.39, 0.29) is 0 Å². The first-order valence-electron chi connectivity index (χ1n) is 7.84. The Labute approximate surface area is 127 Å². The lowest BCUT2D eigenvalue weighted by Gasteiger charge is -2.07. The molecule has 21 heavy (non-hydrogen) atoms. The largest absolute Gasteiger partial charge is 0.307 e. The molecule has 0 radical (unpaired) electrons. The molecule has 2 aromatic rings. The summed E-state index contributed by atoms with van der Waals surface area (Å²) in [4.78, 5) is 0. The summed E-state index contributed by atoms with van der Waals surface area (Å²) in [6, 6.07) is 2.16. The monoisotopic (exact) mass is 289 g/mol. The average molecular weight is 289 g/mol. The number of nitrogens with one attached hydrogen (secondary N) is 1. The molecule has 0 aliphatic carbocycles. The average Bonchev–Trinajstić information content (AvgIpc) is 2.97. The van der Waals surface area contributed by atoms with E-state index in [9.17, 15) is 0 Å². The Morgan fingerprint density at radius 1 is 1.29 bits per heavy atom. The van der Waals surface area contributed by atoms with E-state index < -0.39 is 0 Å². The number of rotatable bonds is 8. The molecule has 0 bridgehead atoms. The van der Waals surface area contributed by atoms with E-state index in [1.807, 2.05) is 17.8 Å². The van der Waals surface area contributed by atoms with E-state index in [1.165, 1.54) is 11.3 Å². The molecule has 0 aromatic carbocycles. The summed E-state index contributed by atoms with van der Waals surface area (Å²) >= 11 is 0. The van der Waals surface area contributed by atoms with Gasteiger partial charge in [-0.2, -0.15) is 10.2 Å². The van der Waals surface area contributed by atoms with Crippen LogP contribution in [0.25, 0.3) is 0 Å². The van der Waals surface area contributed by atoms with Gasteiger partial charge in [-0.25, -0.2) is 0 Å². The van der Waals surface area contributed by atoms with E-state index in [0.717, 1.165) is 38.3 Å². The normalized spacial score (nSPS) is 11.5. The van der Waals surface area contributed by atoms with Gasteiger partial charge < -0.3 is 5.32 Å². The van der Waals surface area contributed by atoms with Crippen LogP contribution in [0.1, 0.15) is 44.1 Å². The highest BCUT2D eigenvalue weighted by atomic mass is 15.3. The molecule has 116 valence electrons. The van der Waals surface area contributed by atoms with Gasteiger partial charge in [0.2, 0.25) is 0 Å². The lowest BCUT2D eigenvalue weighted by Crippen LogP contribution is -2.16. The van der Waals surface area contributed by atoms with Gasteiger partial charge in [0, 0.05) is 37.9 Å². The summed E-state index contributed by atoms with van der Waals surface area (Å²) in [6.07, 6.45) is 5.18. The van der Waals surface area contributed by atoms with Crippen LogP contribution in [0.4, 0.5) is 0 Å². The predicted octanol–water partition coefficient (Wildman–Crippen LogP) is 2.74. The smallest absolute Gasteiger partial charge is 0.0597 e. The quantitative estimate of drug-likeness (QED) is 0.813. The molecular formula is C16H27N5. The number of aryl methyl sites for hydroxylation is 2. The van der Waals surface area contributed by atoms with Crippen LogP contribution in [0.5, 0.6) is 0 Å². The Hall–Kier alpha value is -1.62. The highest BCUT2D eigenvalue weighted by Crippen LogP contribution is 2.06. The molecule has 0 aliphatic heterocycles. The Bertz CT molecular complexity index is 553. The molecule has 0 unspecified atom stereocenters. The molecule has 5 nitrogen and oxygen atoms in total. The van der Waals surface area contributed by atoms with Crippen molar-refractivity contribution in [3.8, 4) is 0 Å². The van der Waals surface area contributed by atoms with Crippen molar-refractivity contribution in [2.24, 2.45) is 5.92 Å². The van der Waals surface area contributed by atoms with Gasteiger partial charge in [0.15, 0.2) is 0 Å². The summed E-state index contributed by atoms with van der Waals surface area (Å²) < 4.78 is 4.12. The topological polar surface area (TPSA) is 47.7 Å². The van der Waals surface area contributed by atoms with Crippen molar-refractivity contribution in [3.05, 3.63) is 35.4 Å². The number of nitrogens with zero attached hydrogens (tertiary/aromatic N) is 4. The molecular weight excluding hydrogens is 262 g/mol. The highest BCUT2D eigenvalue weighted by Gasteiger charge is 2.05. The van der Waals surface area contributed by atoms with Gasteiger partial charge in [-0.1, -0.05) is 20.8 Å². The zero-order chi connectivity index (χ0) is 15.2. The molecule has 5 heteroatoms. The van der Waals surface area contributed by atoms with Crippen LogP contribution in [0.2, 0.25) is 0 Å². The first kappa shape index (κ1) is 15.8. The van der Waals surface area contributed by atoms with Crippen LogP contribution in [0.15, 0.2) is 18.5 Å². The second-order valence-electron chi connectivity index (χ2n) is 6.07. The first-order valence-corrected chi connectivity index (χ1v) is 7.84. The minimum absolute atomic E-state index is 0.622. The molecule has 0 amide bonds. The van der Waals surface area contributed by atoms with Gasteiger partial charge in [0.25, 0.3) is 0 Å². The van der Waals surface area contributed by atoms with Crippen LogP contribution < -0.4 is 5.32 Å². The van der Waals surface area contributed by atoms with Crippen LogP contribution in [0, 0.1) is 12.8 Å². The second-order valence-corrected chi connectivity index (χ2v) is 6.07. The minimum atomic E-state index is 0.622. The fourth-order valence-electron chi connectivity index (χ4n) is 2.45. The number of hydrogen-bond acceptors (Lipinski definition) is 3. The third-order valence-corrected chi connectivity index (χ3v) is 3.30. The second kappa shape index (κ2) is 7.41. The van der Waals surface area contributed by atoms with Gasteiger partial charge >= 0.3 is 0 Å². The SMILES string of the molecule is CCCn1nc(C)cc1CNCc1cnn(CC(C)C)c1. The Morgan fingerprint density at radius 2 is 2.10 bits per heavy atom. The van der Waals surface area contributed by atoms with Crippen molar-refractivity contribution in [1.29, 1.82) is 0 Å². The van der Waals surface area contributed by atoms with Crippen LogP contribution in [-0.4, -0.2) is 19.6 Å². The van der Waals surface area contributed by atoms with Gasteiger partial charge in [-0.3, -0.25) is 9.36 Å². The maximum atomic E-state index is 4.52. The molecule has 0 atom stereocenters. The first-order chi connectivity index (χ1) is 10.1. The summed E-state index contributed by atoms with van der Waals surface area (Å²) in [6.45, 7) is 12.3. The summed E-state index contributed by atoms with van der Waals surface area (Å²) in [5, 5.41) is 12.4. The van der Waals surface area contributed by atoms with Gasteiger partial charge in [0.05, 0.1) is 17.6 Å².